The molecule has 2 heterocycles. The number of carbonyl (C=O) groups excluding carboxylic acids is 1. The second-order valence-corrected chi connectivity index (χ2v) is 12.5. The Kier molecular flexibility index (Phi) is 7.92. The maximum Gasteiger partial charge on any atom is 0.315 e. The van der Waals surface area contributed by atoms with Crippen LogP contribution in [0, 0.1) is 6.92 Å². The lowest BCUT2D eigenvalue weighted by Gasteiger charge is -2.21. The molecule has 0 aliphatic rings. The Morgan fingerprint density at radius 2 is 1.86 bits per heavy atom. The molecule has 2 aromatic carbocycles. The lowest BCUT2D eigenvalue weighted by atomic mass is 9.96. The van der Waals surface area contributed by atoms with Crippen molar-refractivity contribution in [2.45, 2.75) is 66.5 Å². The quantitative estimate of drug-likeness (QED) is 0.196. The molecule has 1 unspecified atom stereocenters. The summed E-state index contributed by atoms with van der Waals surface area (Å²) in [7, 11) is 0. The van der Waals surface area contributed by atoms with Crippen molar-refractivity contribution in [1.82, 2.24) is 9.97 Å². The molecule has 182 valence electrons. The third-order valence-electron chi connectivity index (χ3n) is 5.47. The minimum atomic E-state index is -0.413. The molecule has 1 N–H and O–H groups in total. The molecule has 0 amide bonds. The molecule has 4 nitrogen and oxygen atoms in total. The topological polar surface area (TPSA) is 55.0 Å². The first-order valence-electron chi connectivity index (χ1n) is 11.9. The number of nitrogens with one attached hydrogen (secondary N) is 1. The highest BCUT2D eigenvalue weighted by atomic mass is 32.2. The molecule has 0 fully saturated rings. The molecule has 0 saturated carbocycles. The van der Waals surface area contributed by atoms with Crippen molar-refractivity contribution in [3.63, 3.8) is 0 Å². The average molecular weight is 505 g/mol. The number of esters is 1. The number of carbonyl (C=O) groups is 1. The van der Waals surface area contributed by atoms with Crippen molar-refractivity contribution >= 4 is 40.4 Å². The van der Waals surface area contributed by atoms with Crippen molar-refractivity contribution in [3.8, 4) is 0 Å². The summed E-state index contributed by atoms with van der Waals surface area (Å²) in [6.45, 7) is 10.9. The molecule has 0 radical (unpaired) electrons. The van der Waals surface area contributed by atoms with Crippen LogP contribution in [-0.4, -0.2) is 27.3 Å². The summed E-state index contributed by atoms with van der Waals surface area (Å²) < 4.78 is 5.51. The van der Waals surface area contributed by atoms with Gasteiger partial charge in [0.05, 0.1) is 6.61 Å². The lowest BCUT2D eigenvalue weighted by molar-refractivity contribution is -0.145. The molecule has 0 bridgehead atoms. The van der Waals surface area contributed by atoms with Crippen molar-refractivity contribution in [1.29, 1.82) is 0 Å². The predicted molar refractivity (Wildman–Crippen MR) is 147 cm³/mol. The second-order valence-electron chi connectivity index (χ2n) is 9.56. The van der Waals surface area contributed by atoms with Crippen LogP contribution in [0.3, 0.4) is 0 Å². The van der Waals surface area contributed by atoms with Gasteiger partial charge in [0.25, 0.3) is 0 Å². The number of H-pyrrole nitrogens is 1. The molecule has 35 heavy (non-hydrogen) atoms. The summed E-state index contributed by atoms with van der Waals surface area (Å²) in [5.74, 6) is -0.610. The summed E-state index contributed by atoms with van der Waals surface area (Å²) in [6, 6.07) is 20.7. The number of benzene rings is 2. The van der Waals surface area contributed by atoms with E-state index >= 15 is 0 Å². The molecule has 4 aromatic rings. The normalized spacial score (nSPS) is 12.6. The molecular weight excluding hydrogens is 472 g/mol. The van der Waals surface area contributed by atoms with Crippen molar-refractivity contribution in [3.05, 3.63) is 83.7 Å². The van der Waals surface area contributed by atoms with Gasteiger partial charge >= 0.3 is 5.97 Å². The Bertz CT molecular complexity index is 1290. The fraction of sp³-hybridized carbons (Fsp3) is 0.310. The van der Waals surface area contributed by atoms with E-state index in [0.29, 0.717) is 13.0 Å². The fourth-order valence-corrected chi connectivity index (χ4v) is 5.91. The van der Waals surface area contributed by atoms with Gasteiger partial charge in [0.2, 0.25) is 0 Å². The monoisotopic (exact) mass is 504 g/mol. The number of pyridine rings is 1. The van der Waals surface area contributed by atoms with E-state index in [1.807, 2.05) is 44.3 Å². The number of nitrogens with zero attached hydrogens (tertiary/aromatic N) is 1. The number of hydrogen-bond donors (Lipinski definition) is 1. The fourth-order valence-electron chi connectivity index (χ4n) is 3.92. The minimum absolute atomic E-state index is 0.0303. The summed E-state index contributed by atoms with van der Waals surface area (Å²) >= 11 is 3.44. The SMILES string of the molecule is CCOC(=O)C(Cc1ccccc1)c1[nH]c2ccc(Sc3ccc(C)cn3)cc2c1SC(C)(C)C. The molecule has 4 rings (SSSR count). The van der Waals surface area contributed by atoms with Crippen LogP contribution in [0.2, 0.25) is 0 Å². The Balaban J connectivity index is 1.80. The maximum absolute atomic E-state index is 13.2. The van der Waals surface area contributed by atoms with Crippen LogP contribution in [0.4, 0.5) is 0 Å². The summed E-state index contributed by atoms with van der Waals surface area (Å²) in [5.41, 5.74) is 4.21. The number of rotatable bonds is 8. The van der Waals surface area contributed by atoms with E-state index < -0.39 is 5.92 Å². The van der Waals surface area contributed by atoms with Gasteiger partial charge in [-0.2, -0.15) is 0 Å². The van der Waals surface area contributed by atoms with Crippen LogP contribution in [-0.2, 0) is 16.0 Å². The molecule has 0 aliphatic carbocycles. The van der Waals surface area contributed by atoms with Crippen molar-refractivity contribution in [2.75, 3.05) is 6.61 Å². The van der Waals surface area contributed by atoms with Gasteiger partial charge in [0.1, 0.15) is 10.9 Å². The van der Waals surface area contributed by atoms with Gasteiger partial charge in [-0.15, -0.1) is 11.8 Å². The zero-order valence-electron chi connectivity index (χ0n) is 20.9. The summed E-state index contributed by atoms with van der Waals surface area (Å²) in [4.78, 5) is 23.6. The van der Waals surface area contributed by atoms with Crippen LogP contribution in [0.25, 0.3) is 10.9 Å². The molecule has 0 saturated heterocycles. The number of aromatic nitrogens is 2. The smallest absolute Gasteiger partial charge is 0.315 e. The van der Waals surface area contributed by atoms with E-state index in [4.69, 9.17) is 4.74 Å². The minimum Gasteiger partial charge on any atom is -0.465 e. The Morgan fingerprint density at radius 3 is 2.51 bits per heavy atom. The highest BCUT2D eigenvalue weighted by Crippen LogP contribution is 2.44. The van der Waals surface area contributed by atoms with Crippen LogP contribution < -0.4 is 0 Å². The molecule has 0 aliphatic heterocycles. The first-order valence-corrected chi connectivity index (χ1v) is 13.5. The van der Waals surface area contributed by atoms with E-state index in [1.165, 1.54) is 0 Å². The molecule has 1 atom stereocenters. The lowest BCUT2D eigenvalue weighted by Crippen LogP contribution is -2.20. The Morgan fingerprint density at radius 1 is 1.09 bits per heavy atom. The first-order chi connectivity index (χ1) is 16.7. The number of hydrogen-bond acceptors (Lipinski definition) is 5. The molecule has 2 aromatic heterocycles. The number of aryl methyl sites for hydroxylation is 1. The van der Waals surface area contributed by atoms with Gasteiger partial charge in [-0.1, -0.05) is 68.9 Å². The molecule has 0 spiro atoms. The van der Waals surface area contributed by atoms with Crippen LogP contribution in [0.1, 0.15) is 50.4 Å². The first kappa shape index (κ1) is 25.4. The zero-order chi connectivity index (χ0) is 25.0. The number of fused-ring (bicyclic) bond motifs is 1. The molecular formula is C29H32N2O2S2. The third-order valence-corrected chi connectivity index (χ3v) is 7.66. The number of thioether (sulfide) groups is 1. The van der Waals surface area contributed by atoms with Gasteiger partial charge in [0.15, 0.2) is 0 Å². The van der Waals surface area contributed by atoms with E-state index in [9.17, 15) is 4.79 Å². The maximum atomic E-state index is 13.2. The largest absolute Gasteiger partial charge is 0.465 e. The number of ether oxygens (including phenoxy) is 1. The van der Waals surface area contributed by atoms with E-state index in [1.54, 1.807) is 23.5 Å². The second kappa shape index (κ2) is 10.9. The Labute approximate surface area is 216 Å². The van der Waals surface area contributed by atoms with E-state index in [-0.39, 0.29) is 10.7 Å². The predicted octanol–water partition coefficient (Wildman–Crippen LogP) is 7.80. The van der Waals surface area contributed by atoms with Crippen molar-refractivity contribution < 1.29 is 9.53 Å². The highest BCUT2D eigenvalue weighted by molar-refractivity contribution is 8.01. The number of aromatic amines is 1. The highest BCUT2D eigenvalue weighted by Gasteiger charge is 2.30. The summed E-state index contributed by atoms with van der Waals surface area (Å²) in [5, 5.41) is 2.09. The average Bonchev–Trinajstić information content (AvgIpc) is 3.15. The van der Waals surface area contributed by atoms with Crippen molar-refractivity contribution in [2.24, 2.45) is 0 Å². The van der Waals surface area contributed by atoms with E-state index in [2.05, 4.69) is 67.1 Å². The van der Waals surface area contributed by atoms with Gasteiger partial charge < -0.3 is 9.72 Å². The Hall–Kier alpha value is -2.70. The van der Waals surface area contributed by atoms with E-state index in [0.717, 1.165) is 42.5 Å². The third kappa shape index (κ3) is 6.50. The zero-order valence-corrected chi connectivity index (χ0v) is 22.6. The molecule has 6 heteroatoms. The summed E-state index contributed by atoms with van der Waals surface area (Å²) in [6.07, 6.45) is 2.47. The van der Waals surface area contributed by atoms with Gasteiger partial charge in [-0.05, 0) is 55.7 Å². The van der Waals surface area contributed by atoms with Gasteiger partial charge in [-0.25, -0.2) is 4.98 Å². The van der Waals surface area contributed by atoms with Gasteiger partial charge in [-0.3, -0.25) is 4.79 Å². The van der Waals surface area contributed by atoms with Crippen LogP contribution in [0.15, 0.2) is 81.7 Å². The van der Waals surface area contributed by atoms with Crippen LogP contribution in [0.5, 0.6) is 0 Å². The van der Waals surface area contributed by atoms with Crippen LogP contribution >= 0.6 is 23.5 Å². The van der Waals surface area contributed by atoms with Gasteiger partial charge in [0, 0.05) is 37.3 Å². The standard InChI is InChI=1S/C29H32N2O2S2/c1-6-33-28(32)23(16-20-10-8-7-9-11-20)26-27(35-29(3,4)5)22-17-21(13-14-24(22)31-26)34-25-15-12-19(2)18-30-25/h7-15,17-18,23,31H,6,16H2,1-5H3.